The maximum atomic E-state index is 11.7. The number of hydrogen-bond donors (Lipinski definition) is 2. The first-order chi connectivity index (χ1) is 8.66. The van der Waals surface area contributed by atoms with Crippen LogP contribution < -0.4 is 5.32 Å². The molecule has 2 heterocycles. The Morgan fingerprint density at radius 2 is 2.39 bits per heavy atom. The molecule has 98 valence electrons. The summed E-state index contributed by atoms with van der Waals surface area (Å²) in [4.78, 5) is 22.6. The fraction of sp³-hybridized carbons (Fsp3) is 0.455. The quantitative estimate of drug-likeness (QED) is 0.792. The molecule has 0 radical (unpaired) electrons. The van der Waals surface area contributed by atoms with Gasteiger partial charge in [0.25, 0.3) is 0 Å². The normalized spacial score (nSPS) is 22.9. The summed E-state index contributed by atoms with van der Waals surface area (Å²) in [6.45, 7) is 0.435. The highest BCUT2D eigenvalue weighted by Crippen LogP contribution is 2.23. The molecule has 1 fully saturated rings. The molecule has 1 saturated heterocycles. The molecule has 2 N–H and O–H groups in total. The van der Waals surface area contributed by atoms with Gasteiger partial charge >= 0.3 is 5.97 Å². The number of amides is 1. The average Bonchev–Trinajstić information content (AvgIpc) is 2.96. The fourth-order valence-corrected chi connectivity index (χ4v) is 3.27. The first kappa shape index (κ1) is 13.4. The van der Waals surface area contributed by atoms with Crippen molar-refractivity contribution in [1.82, 2.24) is 5.32 Å². The standard InChI is InChI=1S/C11H13NO4S2/c13-9(6-18-10-2-1-3-17-10)12-8-5-16-4-7(8)11(14)15/h1-3,7-8H,4-6H2,(H,12,13)(H,14,15). The molecule has 18 heavy (non-hydrogen) atoms. The molecule has 0 saturated carbocycles. The van der Waals surface area contributed by atoms with Crippen LogP contribution in [0.5, 0.6) is 0 Å². The van der Waals surface area contributed by atoms with Crippen LogP contribution in [0.1, 0.15) is 0 Å². The second-order valence-electron chi connectivity index (χ2n) is 3.88. The number of hydrogen-bond acceptors (Lipinski definition) is 5. The van der Waals surface area contributed by atoms with Crippen LogP contribution >= 0.6 is 23.1 Å². The Morgan fingerprint density at radius 1 is 1.56 bits per heavy atom. The number of thiophene rings is 1. The van der Waals surface area contributed by atoms with Crippen LogP contribution in [-0.4, -0.2) is 42.0 Å². The molecule has 5 nitrogen and oxygen atoms in total. The Bertz CT molecular complexity index is 421. The van der Waals surface area contributed by atoms with E-state index in [1.807, 2.05) is 17.5 Å². The van der Waals surface area contributed by atoms with E-state index >= 15 is 0 Å². The molecule has 2 unspecified atom stereocenters. The summed E-state index contributed by atoms with van der Waals surface area (Å²) < 4.78 is 6.15. The summed E-state index contributed by atoms with van der Waals surface area (Å²) in [5, 5.41) is 13.6. The van der Waals surface area contributed by atoms with Gasteiger partial charge in [0.15, 0.2) is 0 Å². The number of nitrogens with one attached hydrogen (secondary N) is 1. The zero-order valence-corrected chi connectivity index (χ0v) is 11.1. The summed E-state index contributed by atoms with van der Waals surface area (Å²) in [5.74, 6) is -1.43. The van der Waals surface area contributed by atoms with Crippen LogP contribution in [0.15, 0.2) is 21.7 Å². The smallest absolute Gasteiger partial charge is 0.311 e. The van der Waals surface area contributed by atoms with Crippen LogP contribution in [0.4, 0.5) is 0 Å². The van der Waals surface area contributed by atoms with Gasteiger partial charge in [-0.15, -0.1) is 23.1 Å². The lowest BCUT2D eigenvalue weighted by molar-refractivity contribution is -0.142. The van der Waals surface area contributed by atoms with E-state index in [4.69, 9.17) is 9.84 Å². The minimum absolute atomic E-state index is 0.157. The Labute approximate surface area is 113 Å². The van der Waals surface area contributed by atoms with Crippen molar-refractivity contribution in [2.75, 3.05) is 19.0 Å². The van der Waals surface area contributed by atoms with Gasteiger partial charge in [0.1, 0.15) is 5.92 Å². The monoisotopic (exact) mass is 287 g/mol. The van der Waals surface area contributed by atoms with Gasteiger partial charge in [-0.3, -0.25) is 9.59 Å². The molecule has 7 heteroatoms. The molecule has 1 aromatic heterocycles. The number of rotatable bonds is 5. The van der Waals surface area contributed by atoms with E-state index in [-0.39, 0.29) is 19.1 Å². The van der Waals surface area contributed by atoms with E-state index in [0.717, 1.165) is 4.21 Å². The van der Waals surface area contributed by atoms with Crippen LogP contribution in [0.25, 0.3) is 0 Å². The zero-order valence-electron chi connectivity index (χ0n) is 9.50. The summed E-state index contributed by atoms with van der Waals surface area (Å²) in [6, 6.07) is 3.45. The number of carboxylic acids is 1. The Balaban J connectivity index is 1.78. The molecule has 2 rings (SSSR count). The molecule has 1 amide bonds. The van der Waals surface area contributed by atoms with Crippen molar-refractivity contribution in [1.29, 1.82) is 0 Å². The van der Waals surface area contributed by atoms with Crippen LogP contribution in [0.3, 0.4) is 0 Å². The second-order valence-corrected chi connectivity index (χ2v) is 6.10. The lowest BCUT2D eigenvalue weighted by Crippen LogP contribution is -2.43. The van der Waals surface area contributed by atoms with Crippen molar-refractivity contribution in [2.45, 2.75) is 10.3 Å². The third-order valence-corrected chi connectivity index (χ3v) is 4.72. The minimum Gasteiger partial charge on any atom is -0.481 e. The van der Waals surface area contributed by atoms with Crippen LogP contribution in [-0.2, 0) is 14.3 Å². The molecule has 0 bridgehead atoms. The molecule has 1 aliphatic rings. The molecular formula is C11H13NO4S2. The largest absolute Gasteiger partial charge is 0.481 e. The van der Waals surface area contributed by atoms with Crippen molar-refractivity contribution in [3.63, 3.8) is 0 Å². The van der Waals surface area contributed by atoms with Crippen molar-refractivity contribution >= 4 is 35.0 Å². The predicted octanol–water partition coefficient (Wildman–Crippen LogP) is 1.06. The molecule has 1 aliphatic heterocycles. The molecule has 0 aliphatic carbocycles. The fourth-order valence-electron chi connectivity index (χ4n) is 1.67. The highest BCUT2D eigenvalue weighted by Gasteiger charge is 2.34. The number of carboxylic acid groups (broad SMARTS) is 1. The summed E-state index contributed by atoms with van der Waals surface area (Å²) in [6.07, 6.45) is 0. The number of aliphatic carboxylic acids is 1. The summed E-state index contributed by atoms with van der Waals surface area (Å²) in [5.41, 5.74) is 0. The molecule has 2 atom stereocenters. The zero-order chi connectivity index (χ0) is 13.0. The highest BCUT2D eigenvalue weighted by atomic mass is 32.2. The van der Waals surface area contributed by atoms with Gasteiger partial charge in [-0.05, 0) is 11.4 Å². The first-order valence-corrected chi connectivity index (χ1v) is 7.29. The average molecular weight is 287 g/mol. The Hall–Kier alpha value is -1.05. The molecule has 0 aromatic carbocycles. The van der Waals surface area contributed by atoms with E-state index < -0.39 is 17.9 Å². The number of ether oxygens (including phenoxy) is 1. The molecule has 0 spiro atoms. The van der Waals surface area contributed by atoms with Crippen molar-refractivity contribution in [2.24, 2.45) is 5.92 Å². The SMILES string of the molecule is O=C(CSc1cccs1)NC1COCC1C(=O)O. The van der Waals surface area contributed by atoms with Crippen molar-refractivity contribution in [3.05, 3.63) is 17.5 Å². The third kappa shape index (κ3) is 3.47. The van der Waals surface area contributed by atoms with E-state index in [9.17, 15) is 9.59 Å². The van der Waals surface area contributed by atoms with Gasteiger partial charge in [0.2, 0.25) is 5.91 Å². The first-order valence-electron chi connectivity index (χ1n) is 5.43. The van der Waals surface area contributed by atoms with Crippen LogP contribution in [0.2, 0.25) is 0 Å². The van der Waals surface area contributed by atoms with Gasteiger partial charge < -0.3 is 15.2 Å². The van der Waals surface area contributed by atoms with Gasteiger partial charge in [0, 0.05) is 0 Å². The van der Waals surface area contributed by atoms with E-state index in [1.54, 1.807) is 11.3 Å². The predicted molar refractivity (Wildman–Crippen MR) is 68.9 cm³/mol. The van der Waals surface area contributed by atoms with Crippen LogP contribution in [0, 0.1) is 5.92 Å². The summed E-state index contributed by atoms with van der Waals surface area (Å²) >= 11 is 3.02. The molecular weight excluding hydrogens is 274 g/mol. The lowest BCUT2D eigenvalue weighted by Gasteiger charge is -2.15. The topological polar surface area (TPSA) is 75.6 Å². The van der Waals surface area contributed by atoms with Gasteiger partial charge in [-0.2, -0.15) is 0 Å². The lowest BCUT2D eigenvalue weighted by atomic mass is 10.0. The maximum absolute atomic E-state index is 11.7. The number of carbonyl (C=O) groups excluding carboxylic acids is 1. The van der Waals surface area contributed by atoms with E-state index in [2.05, 4.69) is 5.32 Å². The Morgan fingerprint density at radius 3 is 3.06 bits per heavy atom. The molecule has 1 aromatic rings. The second kappa shape index (κ2) is 6.21. The van der Waals surface area contributed by atoms with Crippen molar-refractivity contribution in [3.8, 4) is 0 Å². The highest BCUT2D eigenvalue weighted by molar-refractivity contribution is 8.01. The Kier molecular flexibility index (Phi) is 4.62. The number of carbonyl (C=O) groups is 2. The third-order valence-electron chi connectivity index (χ3n) is 2.58. The van der Waals surface area contributed by atoms with Crippen molar-refractivity contribution < 1.29 is 19.4 Å². The minimum atomic E-state index is -0.927. The van der Waals surface area contributed by atoms with E-state index in [1.165, 1.54) is 11.8 Å². The van der Waals surface area contributed by atoms with Gasteiger partial charge in [-0.1, -0.05) is 6.07 Å². The van der Waals surface area contributed by atoms with Gasteiger partial charge in [-0.25, -0.2) is 0 Å². The maximum Gasteiger partial charge on any atom is 0.311 e. The van der Waals surface area contributed by atoms with Gasteiger partial charge in [0.05, 0.1) is 29.2 Å². The number of thioether (sulfide) groups is 1. The van der Waals surface area contributed by atoms with E-state index in [0.29, 0.717) is 5.75 Å². The summed E-state index contributed by atoms with van der Waals surface area (Å²) in [7, 11) is 0.